The molecule has 0 radical (unpaired) electrons. The molecule has 2 heterocycles. The monoisotopic (exact) mass is 430 g/mol. The predicted octanol–water partition coefficient (Wildman–Crippen LogP) is 2.36. The van der Waals surface area contributed by atoms with Crippen LogP contribution in [0.5, 0.6) is 11.5 Å². The van der Waals surface area contributed by atoms with E-state index in [1.165, 1.54) is 0 Å². The van der Waals surface area contributed by atoms with Crippen molar-refractivity contribution in [2.45, 2.75) is 19.4 Å². The molecule has 2 aromatic rings. The molecule has 31 heavy (non-hydrogen) atoms. The van der Waals surface area contributed by atoms with Gasteiger partial charge in [0.25, 0.3) is 0 Å². The molecule has 168 valence electrons. The number of carbonyl (C=O) groups excluding carboxylic acids is 2. The quantitative estimate of drug-likeness (QED) is 0.544. The van der Waals surface area contributed by atoms with E-state index in [1.54, 1.807) is 43.5 Å². The number of rotatable bonds is 11. The highest BCUT2D eigenvalue weighted by atomic mass is 16.5. The summed E-state index contributed by atoms with van der Waals surface area (Å²) < 4.78 is 21.2. The van der Waals surface area contributed by atoms with Crippen molar-refractivity contribution in [3.05, 3.63) is 47.9 Å². The number of likely N-dealkylation sites (tertiary alicyclic amines) is 1. The second-order valence-corrected chi connectivity index (χ2v) is 7.51. The molecule has 8 nitrogen and oxygen atoms in total. The fourth-order valence-electron chi connectivity index (χ4n) is 3.77. The first-order valence-electron chi connectivity index (χ1n) is 10.3. The number of benzene rings is 1. The highest BCUT2D eigenvalue weighted by molar-refractivity contribution is 5.89. The van der Waals surface area contributed by atoms with Crippen molar-refractivity contribution in [3.63, 3.8) is 0 Å². The molecule has 0 N–H and O–H groups in total. The van der Waals surface area contributed by atoms with Crippen LogP contribution in [0, 0.1) is 5.92 Å². The van der Waals surface area contributed by atoms with Gasteiger partial charge in [0.05, 0.1) is 39.6 Å². The first-order valence-corrected chi connectivity index (χ1v) is 10.3. The summed E-state index contributed by atoms with van der Waals surface area (Å²) in [5, 5.41) is 0. The molecule has 3 rings (SSSR count). The van der Waals surface area contributed by atoms with Gasteiger partial charge in [-0.15, -0.1) is 0 Å². The SMILES string of the molecule is COCCN(Cc1ccco1)C(=O)C1CC(=O)N(CCc2ccc(OC)c(OC)c2)C1. The second kappa shape index (κ2) is 10.9. The van der Waals surface area contributed by atoms with E-state index in [0.29, 0.717) is 56.5 Å². The van der Waals surface area contributed by atoms with Crippen LogP contribution in [0.2, 0.25) is 0 Å². The predicted molar refractivity (Wildman–Crippen MR) is 114 cm³/mol. The van der Waals surface area contributed by atoms with Gasteiger partial charge in [-0.05, 0) is 36.2 Å². The maximum Gasteiger partial charge on any atom is 0.228 e. The van der Waals surface area contributed by atoms with Crippen molar-refractivity contribution in [1.29, 1.82) is 0 Å². The molecule has 1 unspecified atom stereocenters. The van der Waals surface area contributed by atoms with E-state index in [4.69, 9.17) is 18.6 Å². The van der Waals surface area contributed by atoms with Gasteiger partial charge in [-0.3, -0.25) is 9.59 Å². The summed E-state index contributed by atoms with van der Waals surface area (Å²) in [6.45, 7) is 2.22. The molecule has 0 aliphatic carbocycles. The van der Waals surface area contributed by atoms with Gasteiger partial charge in [-0.2, -0.15) is 0 Å². The van der Waals surface area contributed by atoms with Crippen LogP contribution in [0.1, 0.15) is 17.7 Å². The molecule has 0 saturated carbocycles. The Morgan fingerprint density at radius 1 is 1.19 bits per heavy atom. The molecule has 1 fully saturated rings. The van der Waals surface area contributed by atoms with Gasteiger partial charge >= 0.3 is 0 Å². The normalized spacial score (nSPS) is 15.9. The van der Waals surface area contributed by atoms with Gasteiger partial charge in [0.1, 0.15) is 5.76 Å². The number of furan rings is 1. The third-order valence-electron chi connectivity index (χ3n) is 5.49. The molecule has 8 heteroatoms. The molecular weight excluding hydrogens is 400 g/mol. The summed E-state index contributed by atoms with van der Waals surface area (Å²) in [6, 6.07) is 9.36. The number of amides is 2. The lowest BCUT2D eigenvalue weighted by Gasteiger charge is -2.24. The Kier molecular flexibility index (Phi) is 7.94. The lowest BCUT2D eigenvalue weighted by Crippen LogP contribution is -2.39. The molecule has 1 aliphatic heterocycles. The van der Waals surface area contributed by atoms with Crippen LogP contribution in [-0.2, 0) is 27.3 Å². The van der Waals surface area contributed by atoms with Gasteiger partial charge in [0.2, 0.25) is 11.8 Å². The summed E-state index contributed by atoms with van der Waals surface area (Å²) in [5.74, 6) is 1.64. The zero-order valence-corrected chi connectivity index (χ0v) is 18.3. The van der Waals surface area contributed by atoms with Crippen molar-refractivity contribution >= 4 is 11.8 Å². The molecule has 0 bridgehead atoms. The van der Waals surface area contributed by atoms with Gasteiger partial charge < -0.3 is 28.4 Å². The Labute approximate surface area is 182 Å². The van der Waals surface area contributed by atoms with Crippen LogP contribution >= 0.6 is 0 Å². The second-order valence-electron chi connectivity index (χ2n) is 7.51. The Hall–Kier alpha value is -3.00. The first kappa shape index (κ1) is 22.7. The molecular formula is C23H30N2O6. The van der Waals surface area contributed by atoms with Crippen molar-refractivity contribution < 1.29 is 28.2 Å². The van der Waals surface area contributed by atoms with Gasteiger partial charge in [0.15, 0.2) is 11.5 Å². The maximum absolute atomic E-state index is 13.1. The van der Waals surface area contributed by atoms with Crippen LogP contribution in [0.3, 0.4) is 0 Å². The van der Waals surface area contributed by atoms with Crippen LogP contribution in [0.15, 0.2) is 41.0 Å². The van der Waals surface area contributed by atoms with E-state index >= 15 is 0 Å². The number of methoxy groups -OCH3 is 3. The largest absolute Gasteiger partial charge is 0.493 e. The summed E-state index contributed by atoms with van der Waals surface area (Å²) >= 11 is 0. The Morgan fingerprint density at radius 2 is 2.00 bits per heavy atom. The average Bonchev–Trinajstić information content (AvgIpc) is 3.43. The van der Waals surface area contributed by atoms with E-state index in [1.807, 2.05) is 24.3 Å². The fourth-order valence-corrected chi connectivity index (χ4v) is 3.77. The minimum Gasteiger partial charge on any atom is -0.493 e. The Bertz CT molecular complexity index is 867. The Morgan fingerprint density at radius 3 is 2.68 bits per heavy atom. The fraction of sp³-hybridized carbons (Fsp3) is 0.478. The topological polar surface area (TPSA) is 81.5 Å². The average molecular weight is 431 g/mol. The summed E-state index contributed by atoms with van der Waals surface area (Å²) in [5.41, 5.74) is 1.04. The number of carbonyl (C=O) groups is 2. The first-order chi connectivity index (χ1) is 15.0. The highest BCUT2D eigenvalue weighted by Gasteiger charge is 2.36. The molecule has 1 saturated heterocycles. The molecule has 1 aromatic carbocycles. The number of ether oxygens (including phenoxy) is 3. The van der Waals surface area contributed by atoms with Crippen LogP contribution in [0.4, 0.5) is 0 Å². The summed E-state index contributed by atoms with van der Waals surface area (Å²) in [7, 11) is 4.80. The lowest BCUT2D eigenvalue weighted by atomic mass is 10.1. The minimum atomic E-state index is -0.357. The van der Waals surface area contributed by atoms with Crippen LogP contribution in [-0.4, -0.2) is 69.2 Å². The third-order valence-corrected chi connectivity index (χ3v) is 5.49. The van der Waals surface area contributed by atoms with E-state index < -0.39 is 0 Å². The number of hydrogen-bond donors (Lipinski definition) is 0. The van der Waals surface area contributed by atoms with Crippen molar-refractivity contribution in [2.24, 2.45) is 5.92 Å². The highest BCUT2D eigenvalue weighted by Crippen LogP contribution is 2.28. The smallest absolute Gasteiger partial charge is 0.228 e. The van der Waals surface area contributed by atoms with Gasteiger partial charge in [-0.1, -0.05) is 6.07 Å². The van der Waals surface area contributed by atoms with Crippen molar-refractivity contribution in [2.75, 3.05) is 47.6 Å². The maximum atomic E-state index is 13.1. The molecule has 2 amide bonds. The van der Waals surface area contributed by atoms with Crippen molar-refractivity contribution in [3.8, 4) is 11.5 Å². The molecule has 1 atom stereocenters. The zero-order valence-electron chi connectivity index (χ0n) is 18.3. The third kappa shape index (κ3) is 5.79. The molecule has 1 aliphatic rings. The summed E-state index contributed by atoms with van der Waals surface area (Å²) in [6.07, 6.45) is 2.49. The minimum absolute atomic E-state index is 0.00326. The number of hydrogen-bond acceptors (Lipinski definition) is 6. The summed E-state index contributed by atoms with van der Waals surface area (Å²) in [4.78, 5) is 29.1. The van der Waals surface area contributed by atoms with Crippen LogP contribution in [0.25, 0.3) is 0 Å². The zero-order chi connectivity index (χ0) is 22.2. The van der Waals surface area contributed by atoms with E-state index in [0.717, 1.165) is 5.56 Å². The van der Waals surface area contributed by atoms with E-state index in [-0.39, 0.29) is 24.2 Å². The van der Waals surface area contributed by atoms with Crippen LogP contribution < -0.4 is 9.47 Å². The molecule has 0 spiro atoms. The van der Waals surface area contributed by atoms with E-state index in [9.17, 15) is 9.59 Å². The van der Waals surface area contributed by atoms with Crippen molar-refractivity contribution in [1.82, 2.24) is 9.80 Å². The van der Waals surface area contributed by atoms with Gasteiger partial charge in [-0.25, -0.2) is 0 Å². The van der Waals surface area contributed by atoms with Gasteiger partial charge in [0, 0.05) is 33.2 Å². The van der Waals surface area contributed by atoms with E-state index in [2.05, 4.69) is 0 Å². The lowest BCUT2D eigenvalue weighted by molar-refractivity contribution is -0.137. The number of nitrogens with zero attached hydrogens (tertiary/aromatic N) is 2. The molecule has 1 aromatic heterocycles. The Balaban J connectivity index is 1.59. The standard InChI is InChI=1S/C23H30N2O6/c1-28-12-10-25(16-19-5-4-11-31-19)23(27)18-14-22(26)24(15-18)9-8-17-6-7-20(29-2)21(13-17)30-3/h4-7,11,13,18H,8-10,12,14-16H2,1-3H3.